The highest BCUT2D eigenvalue weighted by Gasteiger charge is 2.44. The Morgan fingerprint density at radius 2 is 2.16 bits per heavy atom. The van der Waals surface area contributed by atoms with Crippen LogP contribution in [0.15, 0.2) is 0 Å². The van der Waals surface area contributed by atoms with Gasteiger partial charge >= 0.3 is 12.0 Å². The van der Waals surface area contributed by atoms with Crippen LogP contribution in [-0.2, 0) is 4.79 Å². The number of carbonyl (C=O) groups excluding carboxylic acids is 1. The summed E-state index contributed by atoms with van der Waals surface area (Å²) in [6, 6.07) is -0.983. The highest BCUT2D eigenvalue weighted by molar-refractivity contribution is 7.98. The minimum Gasteiger partial charge on any atom is -0.480 e. The molecule has 19 heavy (non-hydrogen) atoms. The average Bonchev–Trinajstić information content (AvgIpc) is 2.32. The lowest BCUT2D eigenvalue weighted by Crippen LogP contribution is -2.58. The molecule has 0 radical (unpaired) electrons. The molecule has 2 amide bonds. The summed E-state index contributed by atoms with van der Waals surface area (Å²) in [7, 11) is 0. The highest BCUT2D eigenvalue weighted by atomic mass is 32.2. The second-order valence-electron chi connectivity index (χ2n) is 5.60. The van der Waals surface area contributed by atoms with Gasteiger partial charge < -0.3 is 15.3 Å². The third-order valence-electron chi connectivity index (χ3n) is 3.57. The summed E-state index contributed by atoms with van der Waals surface area (Å²) in [4.78, 5) is 25.0. The van der Waals surface area contributed by atoms with E-state index < -0.39 is 12.0 Å². The fraction of sp³-hybridized carbons (Fsp3) is 0.846. The van der Waals surface area contributed by atoms with E-state index in [1.54, 1.807) is 11.8 Å². The molecule has 1 saturated heterocycles. The number of carboxylic acids is 1. The van der Waals surface area contributed by atoms with Crippen LogP contribution in [0, 0.1) is 5.41 Å². The van der Waals surface area contributed by atoms with Gasteiger partial charge in [-0.15, -0.1) is 0 Å². The van der Waals surface area contributed by atoms with E-state index in [-0.39, 0.29) is 11.4 Å². The third-order valence-corrected chi connectivity index (χ3v) is 4.27. The largest absolute Gasteiger partial charge is 0.480 e. The summed E-state index contributed by atoms with van der Waals surface area (Å²) in [6.07, 6.45) is 4.62. The fourth-order valence-corrected chi connectivity index (χ4v) is 3.03. The first kappa shape index (κ1) is 16.1. The van der Waals surface area contributed by atoms with E-state index in [1.807, 2.05) is 20.1 Å². The number of rotatable bonds is 5. The van der Waals surface area contributed by atoms with Crippen LogP contribution in [-0.4, -0.2) is 53.1 Å². The molecule has 110 valence electrons. The van der Waals surface area contributed by atoms with E-state index in [0.717, 1.165) is 25.0 Å². The lowest BCUT2D eigenvalue weighted by atomic mass is 9.76. The zero-order valence-corrected chi connectivity index (χ0v) is 12.8. The third kappa shape index (κ3) is 4.30. The van der Waals surface area contributed by atoms with Crippen LogP contribution in [0.5, 0.6) is 0 Å². The zero-order chi connectivity index (χ0) is 14.5. The van der Waals surface area contributed by atoms with Crippen molar-refractivity contribution in [3.63, 3.8) is 0 Å². The fourth-order valence-electron chi connectivity index (χ4n) is 2.59. The van der Waals surface area contributed by atoms with Crippen LogP contribution in [0.3, 0.4) is 0 Å². The molecule has 1 fully saturated rings. The van der Waals surface area contributed by atoms with E-state index in [4.69, 9.17) is 0 Å². The van der Waals surface area contributed by atoms with Gasteiger partial charge in [0.15, 0.2) is 0 Å². The van der Waals surface area contributed by atoms with Crippen LogP contribution in [0.1, 0.15) is 33.1 Å². The summed E-state index contributed by atoms with van der Waals surface area (Å²) in [5, 5.41) is 12.2. The molecule has 0 saturated carbocycles. The molecule has 1 unspecified atom stereocenters. The maximum Gasteiger partial charge on any atom is 0.327 e. The number of urea groups is 1. The molecule has 0 bridgehead atoms. The molecule has 0 aromatic heterocycles. The molecule has 5 nitrogen and oxygen atoms in total. The smallest absolute Gasteiger partial charge is 0.327 e. The number of carboxylic acid groups (broad SMARTS) is 1. The summed E-state index contributed by atoms with van der Waals surface area (Å²) in [6.45, 7) is 4.95. The average molecular weight is 288 g/mol. The van der Waals surface area contributed by atoms with E-state index in [2.05, 4.69) is 5.32 Å². The van der Waals surface area contributed by atoms with Crippen molar-refractivity contribution in [1.29, 1.82) is 0 Å². The van der Waals surface area contributed by atoms with Gasteiger partial charge in [-0.25, -0.2) is 9.59 Å². The Labute approximate surface area is 119 Å². The first-order chi connectivity index (χ1) is 8.90. The Morgan fingerprint density at radius 1 is 1.47 bits per heavy atom. The molecule has 2 N–H and O–H groups in total. The number of amides is 2. The number of hydrogen-bond acceptors (Lipinski definition) is 3. The zero-order valence-electron chi connectivity index (χ0n) is 11.9. The minimum atomic E-state index is -0.913. The van der Waals surface area contributed by atoms with Crippen LogP contribution in [0.4, 0.5) is 4.79 Å². The predicted molar refractivity (Wildman–Crippen MR) is 77.5 cm³/mol. The van der Waals surface area contributed by atoms with Crippen molar-refractivity contribution in [3.05, 3.63) is 0 Å². The van der Waals surface area contributed by atoms with Crippen molar-refractivity contribution >= 4 is 23.8 Å². The number of nitrogens with zero attached hydrogens (tertiary/aromatic N) is 1. The molecule has 1 aliphatic rings. The van der Waals surface area contributed by atoms with Gasteiger partial charge in [-0.05, 0) is 36.7 Å². The number of likely N-dealkylation sites (tertiary alicyclic amines) is 1. The van der Waals surface area contributed by atoms with Crippen molar-refractivity contribution in [2.24, 2.45) is 5.41 Å². The standard InChI is InChI=1S/C13H24N2O3S/c1-13(2)6-4-8-15(10(13)11(16)17)12(18)14-7-5-9-19-3/h10H,4-9H2,1-3H3,(H,14,18)(H,16,17). The summed E-state index contributed by atoms with van der Waals surface area (Å²) in [5.41, 5.74) is -0.374. The maximum absolute atomic E-state index is 12.1. The molecule has 6 heteroatoms. The maximum atomic E-state index is 12.1. The SMILES string of the molecule is CSCCCNC(=O)N1CCCC(C)(C)C1C(=O)O. The normalized spacial score (nSPS) is 22.1. The topological polar surface area (TPSA) is 69.6 Å². The molecule has 1 aliphatic heterocycles. The van der Waals surface area contributed by atoms with E-state index in [9.17, 15) is 14.7 Å². The highest BCUT2D eigenvalue weighted by Crippen LogP contribution is 2.35. The summed E-state index contributed by atoms with van der Waals surface area (Å²) in [5.74, 6) is 0.0812. The monoisotopic (exact) mass is 288 g/mol. The van der Waals surface area contributed by atoms with Crippen molar-refractivity contribution in [2.75, 3.05) is 25.1 Å². The van der Waals surface area contributed by atoms with Crippen LogP contribution in [0.25, 0.3) is 0 Å². The number of thioether (sulfide) groups is 1. The first-order valence-corrected chi connectivity index (χ1v) is 8.06. The van der Waals surface area contributed by atoms with Gasteiger partial charge in [0.05, 0.1) is 0 Å². The van der Waals surface area contributed by atoms with Crippen molar-refractivity contribution < 1.29 is 14.7 Å². The summed E-state index contributed by atoms with van der Waals surface area (Å²) < 4.78 is 0. The van der Waals surface area contributed by atoms with Crippen LogP contribution >= 0.6 is 11.8 Å². The van der Waals surface area contributed by atoms with Gasteiger partial charge in [0.1, 0.15) is 6.04 Å². The Balaban J connectivity index is 2.62. The lowest BCUT2D eigenvalue weighted by Gasteiger charge is -2.43. The Morgan fingerprint density at radius 3 is 2.74 bits per heavy atom. The molecule has 0 aliphatic carbocycles. The van der Waals surface area contributed by atoms with Crippen LogP contribution in [0.2, 0.25) is 0 Å². The summed E-state index contributed by atoms with van der Waals surface area (Å²) >= 11 is 1.74. The van der Waals surface area contributed by atoms with Gasteiger partial charge in [-0.2, -0.15) is 11.8 Å². The Kier molecular flexibility index (Phi) is 5.97. The molecule has 0 aromatic rings. The number of aliphatic carboxylic acids is 1. The number of piperidine rings is 1. The first-order valence-electron chi connectivity index (χ1n) is 6.66. The van der Waals surface area contributed by atoms with Crippen molar-refractivity contribution in [3.8, 4) is 0 Å². The molecular weight excluding hydrogens is 264 g/mol. The number of hydrogen-bond donors (Lipinski definition) is 2. The molecular formula is C13H24N2O3S. The number of carbonyl (C=O) groups is 2. The van der Waals surface area contributed by atoms with Gasteiger partial charge in [0.2, 0.25) is 0 Å². The second kappa shape index (κ2) is 7.03. The lowest BCUT2D eigenvalue weighted by molar-refractivity contribution is -0.148. The Hall–Kier alpha value is -0.910. The van der Waals surface area contributed by atoms with Crippen LogP contribution < -0.4 is 5.32 Å². The van der Waals surface area contributed by atoms with Gasteiger partial charge in [-0.1, -0.05) is 13.8 Å². The molecule has 1 atom stereocenters. The van der Waals surface area contributed by atoms with E-state index in [1.165, 1.54) is 4.90 Å². The minimum absolute atomic E-state index is 0.249. The van der Waals surface area contributed by atoms with Crippen molar-refractivity contribution in [1.82, 2.24) is 10.2 Å². The Bertz CT molecular complexity index is 334. The molecule has 0 aromatic carbocycles. The quantitative estimate of drug-likeness (QED) is 0.759. The van der Waals surface area contributed by atoms with E-state index in [0.29, 0.717) is 13.1 Å². The predicted octanol–water partition coefficient (Wildman–Crippen LogP) is 2.02. The number of nitrogens with one attached hydrogen (secondary N) is 1. The second-order valence-corrected chi connectivity index (χ2v) is 6.59. The molecule has 1 heterocycles. The molecule has 1 rings (SSSR count). The van der Waals surface area contributed by atoms with E-state index >= 15 is 0 Å². The molecule has 0 spiro atoms. The van der Waals surface area contributed by atoms with Gasteiger partial charge in [0, 0.05) is 13.1 Å². The van der Waals surface area contributed by atoms with Gasteiger partial charge in [0.25, 0.3) is 0 Å². The van der Waals surface area contributed by atoms with Gasteiger partial charge in [-0.3, -0.25) is 0 Å². The van der Waals surface area contributed by atoms with Crippen molar-refractivity contribution in [2.45, 2.75) is 39.2 Å².